The van der Waals surface area contributed by atoms with Crippen LogP contribution >= 0.6 is 0 Å². The minimum atomic E-state index is -1.23. The number of halogens is 1. The van der Waals surface area contributed by atoms with Crippen molar-refractivity contribution in [2.45, 2.75) is 0 Å². The quantitative estimate of drug-likeness (QED) is 0.608. The largest absolute Gasteiger partial charge is 0.505 e. The third-order valence-corrected chi connectivity index (χ3v) is 1.17. The number of aromatic hydroxyl groups is 2. The minimum Gasteiger partial charge on any atom is -0.505 e. The lowest BCUT2D eigenvalue weighted by atomic mass is 10.2. The summed E-state index contributed by atoms with van der Waals surface area (Å²) >= 11 is 0. The Morgan fingerprint density at radius 2 is 2.00 bits per heavy atom. The maximum Gasteiger partial charge on any atom is 0.208 e. The Morgan fingerprint density at radius 3 is 2.55 bits per heavy atom. The molecule has 0 fully saturated rings. The zero-order chi connectivity index (χ0) is 8.43. The fraction of sp³-hybridized carbons (Fsp3) is 0. The second-order valence-corrected chi connectivity index (χ2v) is 1.86. The van der Waals surface area contributed by atoms with Gasteiger partial charge in [0.05, 0.1) is 0 Å². The lowest BCUT2D eigenvalue weighted by Gasteiger charge is -1.98. The molecule has 0 atom stereocenters. The van der Waals surface area contributed by atoms with Gasteiger partial charge in [0.2, 0.25) is 5.82 Å². The summed E-state index contributed by atoms with van der Waals surface area (Å²) < 4.78 is 12.5. The zero-order valence-corrected chi connectivity index (χ0v) is 5.28. The molecule has 0 aliphatic heterocycles. The van der Waals surface area contributed by atoms with Gasteiger partial charge in [-0.1, -0.05) is 0 Å². The molecule has 2 N–H and O–H groups in total. The summed E-state index contributed by atoms with van der Waals surface area (Å²) in [5, 5.41) is 19.7. The van der Waals surface area contributed by atoms with Crippen LogP contribution in [0.4, 0.5) is 10.1 Å². The molecule has 4 nitrogen and oxygen atoms in total. The van der Waals surface area contributed by atoms with Crippen molar-refractivity contribution in [2.75, 3.05) is 0 Å². The van der Waals surface area contributed by atoms with Gasteiger partial charge < -0.3 is 10.2 Å². The van der Waals surface area contributed by atoms with Crippen molar-refractivity contribution in [3.8, 4) is 11.5 Å². The smallest absolute Gasteiger partial charge is 0.208 e. The van der Waals surface area contributed by atoms with E-state index < -0.39 is 23.0 Å². The number of phenols is 2. The van der Waals surface area contributed by atoms with Gasteiger partial charge in [0.15, 0.2) is 17.2 Å². The van der Waals surface area contributed by atoms with E-state index in [1.54, 1.807) is 0 Å². The molecule has 5 heteroatoms. The number of phenolic OH excluding ortho intramolecular Hbond substituents is 2. The molecule has 1 aromatic rings. The standard InChI is InChI=1S/C6H4FNO3/c7-5-4(9)2-1-3(8-11)6(5)10/h1-2,9-10H. The summed E-state index contributed by atoms with van der Waals surface area (Å²) in [6.45, 7) is 0. The number of nitrogens with zero attached hydrogens (tertiary/aromatic N) is 1. The summed E-state index contributed by atoms with van der Waals surface area (Å²) in [7, 11) is 0. The Bertz CT molecular complexity index is 300. The van der Waals surface area contributed by atoms with Crippen LogP contribution in [0.25, 0.3) is 0 Å². The fourth-order valence-corrected chi connectivity index (χ4v) is 0.617. The maximum atomic E-state index is 12.5. The zero-order valence-electron chi connectivity index (χ0n) is 5.28. The molecule has 0 spiro atoms. The molecule has 1 aromatic carbocycles. The van der Waals surface area contributed by atoms with Crippen LogP contribution in [0.2, 0.25) is 0 Å². The SMILES string of the molecule is O=Nc1ccc(O)c(F)c1O. The molecule has 0 amide bonds. The lowest BCUT2D eigenvalue weighted by molar-refractivity contribution is 0.390. The van der Waals surface area contributed by atoms with E-state index in [0.717, 1.165) is 12.1 Å². The second kappa shape index (κ2) is 2.53. The van der Waals surface area contributed by atoms with Gasteiger partial charge in [-0.3, -0.25) is 0 Å². The molecular formula is C6H4FNO3. The third-order valence-electron chi connectivity index (χ3n) is 1.17. The molecule has 0 saturated heterocycles. The first kappa shape index (κ1) is 7.46. The van der Waals surface area contributed by atoms with Crippen molar-refractivity contribution in [1.29, 1.82) is 0 Å². The molecule has 1 rings (SSSR count). The number of nitroso groups, excluding NO2 is 1. The van der Waals surface area contributed by atoms with E-state index in [2.05, 4.69) is 5.18 Å². The van der Waals surface area contributed by atoms with Crippen LogP contribution in [0.5, 0.6) is 11.5 Å². The monoisotopic (exact) mass is 157 g/mol. The van der Waals surface area contributed by atoms with Crippen molar-refractivity contribution in [1.82, 2.24) is 0 Å². The molecular weight excluding hydrogens is 153 g/mol. The number of hydrogen-bond donors (Lipinski definition) is 2. The molecule has 58 valence electrons. The second-order valence-electron chi connectivity index (χ2n) is 1.86. The van der Waals surface area contributed by atoms with Gasteiger partial charge in [-0.15, -0.1) is 4.91 Å². The summed E-state index contributed by atoms with van der Waals surface area (Å²) in [6.07, 6.45) is 0. The third kappa shape index (κ3) is 1.12. The average Bonchev–Trinajstić information content (AvgIpc) is 2.01. The van der Waals surface area contributed by atoms with Crippen LogP contribution in [-0.2, 0) is 0 Å². The van der Waals surface area contributed by atoms with Crippen LogP contribution in [0.3, 0.4) is 0 Å². The molecule has 0 bridgehead atoms. The summed E-state index contributed by atoms with van der Waals surface area (Å²) in [5.74, 6) is -2.88. The van der Waals surface area contributed by atoms with E-state index >= 15 is 0 Å². The first-order valence-corrected chi connectivity index (χ1v) is 2.70. The fourth-order valence-electron chi connectivity index (χ4n) is 0.617. The van der Waals surface area contributed by atoms with Crippen LogP contribution in [0, 0.1) is 10.7 Å². The van der Waals surface area contributed by atoms with Crippen LogP contribution in [0.1, 0.15) is 0 Å². The van der Waals surface area contributed by atoms with Crippen LogP contribution in [-0.4, -0.2) is 10.2 Å². The van der Waals surface area contributed by atoms with E-state index in [9.17, 15) is 9.30 Å². The molecule has 0 heterocycles. The van der Waals surface area contributed by atoms with Crippen molar-refractivity contribution < 1.29 is 14.6 Å². The van der Waals surface area contributed by atoms with E-state index in [1.165, 1.54) is 0 Å². The van der Waals surface area contributed by atoms with Crippen molar-refractivity contribution >= 4 is 5.69 Å². The van der Waals surface area contributed by atoms with Gasteiger partial charge >= 0.3 is 0 Å². The Labute approximate surface area is 60.9 Å². The number of rotatable bonds is 1. The molecule has 11 heavy (non-hydrogen) atoms. The highest BCUT2D eigenvalue weighted by Crippen LogP contribution is 2.33. The van der Waals surface area contributed by atoms with Crippen LogP contribution in [0.15, 0.2) is 17.3 Å². The predicted octanol–water partition coefficient (Wildman–Crippen LogP) is 1.63. The van der Waals surface area contributed by atoms with Crippen LogP contribution < -0.4 is 0 Å². The lowest BCUT2D eigenvalue weighted by Crippen LogP contribution is -1.77. The first-order chi connectivity index (χ1) is 5.16. The highest BCUT2D eigenvalue weighted by atomic mass is 19.1. The summed E-state index contributed by atoms with van der Waals surface area (Å²) in [5.41, 5.74) is -0.430. The highest BCUT2D eigenvalue weighted by Gasteiger charge is 2.11. The number of benzene rings is 1. The van der Waals surface area contributed by atoms with Gasteiger partial charge in [0, 0.05) is 0 Å². The molecule has 0 aliphatic rings. The topological polar surface area (TPSA) is 69.9 Å². The van der Waals surface area contributed by atoms with Gasteiger partial charge in [-0.2, -0.15) is 4.39 Å². The van der Waals surface area contributed by atoms with Crippen molar-refractivity contribution in [3.63, 3.8) is 0 Å². The molecule has 0 aromatic heterocycles. The first-order valence-electron chi connectivity index (χ1n) is 2.70. The highest BCUT2D eigenvalue weighted by molar-refractivity contribution is 5.54. The normalized spacial score (nSPS) is 9.55. The number of hydrogen-bond acceptors (Lipinski definition) is 4. The van der Waals surface area contributed by atoms with Gasteiger partial charge in [0.1, 0.15) is 0 Å². The molecule has 0 aliphatic carbocycles. The molecule has 0 unspecified atom stereocenters. The van der Waals surface area contributed by atoms with Gasteiger partial charge in [-0.25, -0.2) is 0 Å². The maximum absolute atomic E-state index is 12.5. The minimum absolute atomic E-state index is 0.430. The Kier molecular flexibility index (Phi) is 1.72. The van der Waals surface area contributed by atoms with Gasteiger partial charge in [-0.05, 0) is 17.3 Å². The molecule has 0 saturated carbocycles. The van der Waals surface area contributed by atoms with Crippen molar-refractivity contribution in [3.05, 3.63) is 22.9 Å². The predicted molar refractivity (Wildman–Crippen MR) is 35.2 cm³/mol. The Balaban J connectivity index is 3.36. The van der Waals surface area contributed by atoms with E-state index in [1.807, 2.05) is 0 Å². The van der Waals surface area contributed by atoms with Gasteiger partial charge in [0.25, 0.3) is 0 Å². The Hall–Kier alpha value is -1.65. The van der Waals surface area contributed by atoms with E-state index in [-0.39, 0.29) is 0 Å². The van der Waals surface area contributed by atoms with E-state index in [0.29, 0.717) is 0 Å². The van der Waals surface area contributed by atoms with E-state index in [4.69, 9.17) is 10.2 Å². The average molecular weight is 157 g/mol. The summed E-state index contributed by atoms with van der Waals surface area (Å²) in [6, 6.07) is 1.95. The summed E-state index contributed by atoms with van der Waals surface area (Å²) in [4.78, 5) is 9.83. The van der Waals surface area contributed by atoms with Crippen molar-refractivity contribution in [2.24, 2.45) is 5.18 Å². The Morgan fingerprint density at radius 1 is 1.36 bits per heavy atom. The molecule has 0 radical (unpaired) electrons.